The zero-order valence-corrected chi connectivity index (χ0v) is 32.1. The normalized spacial score (nSPS) is 19.4. The van der Waals surface area contributed by atoms with Gasteiger partial charge in [0, 0.05) is 30.3 Å². The third-order valence-corrected chi connectivity index (χ3v) is 11.3. The number of benzene rings is 4. The molecule has 3 aliphatic rings. The zero-order chi connectivity index (χ0) is 39.0. The Morgan fingerprint density at radius 3 is 2.11 bits per heavy atom. The maximum Gasteiger partial charge on any atom is 0.407 e. The van der Waals surface area contributed by atoms with Crippen LogP contribution in [0.4, 0.5) is 10.5 Å². The number of rotatable bonds is 16. The summed E-state index contributed by atoms with van der Waals surface area (Å²) in [6.07, 6.45) is 5.41. The molecular weight excluding hydrogens is 717 g/mol. The fraction of sp³-hybridized carbons (Fsp3) is 0.340. The van der Waals surface area contributed by atoms with Gasteiger partial charge in [0.25, 0.3) is 5.91 Å². The lowest BCUT2D eigenvalue weighted by Gasteiger charge is -2.37. The SMILES string of the molecule is O=C(NCc1ccccc1)OCC1(O)CCC(NC(CC2CC2)c2cccc3c2CN(c2ccc(OCc4ccccc4)nc2OCc2ccccc2)C3=O)CC1. The first kappa shape index (κ1) is 38.2. The molecule has 1 aliphatic heterocycles. The lowest BCUT2D eigenvalue weighted by Crippen LogP contribution is -2.46. The zero-order valence-electron chi connectivity index (χ0n) is 32.1. The van der Waals surface area contributed by atoms with Crippen LogP contribution in [0.5, 0.6) is 11.8 Å². The molecule has 10 nitrogen and oxygen atoms in total. The van der Waals surface area contributed by atoms with E-state index < -0.39 is 11.7 Å². The Balaban J connectivity index is 0.945. The van der Waals surface area contributed by atoms with Crippen LogP contribution in [0, 0.1) is 5.92 Å². The monoisotopic (exact) mass is 766 g/mol. The number of alkyl carbamates (subject to hydrolysis) is 1. The van der Waals surface area contributed by atoms with E-state index in [1.165, 1.54) is 12.8 Å². The number of amides is 2. The summed E-state index contributed by atoms with van der Waals surface area (Å²) in [5.41, 5.74) is 5.37. The molecule has 10 heteroatoms. The number of nitrogens with zero attached hydrogens (tertiary/aromatic N) is 2. The van der Waals surface area contributed by atoms with E-state index in [2.05, 4.69) is 16.7 Å². The van der Waals surface area contributed by atoms with E-state index in [1.54, 1.807) is 11.0 Å². The quantitative estimate of drug-likeness (QED) is 0.0916. The smallest absolute Gasteiger partial charge is 0.407 e. The molecule has 294 valence electrons. The Labute approximate surface area is 334 Å². The minimum absolute atomic E-state index is 0.0397. The number of anilines is 1. The molecule has 2 saturated carbocycles. The first-order valence-electron chi connectivity index (χ1n) is 20.1. The molecule has 0 spiro atoms. The van der Waals surface area contributed by atoms with Crippen molar-refractivity contribution in [2.45, 2.75) is 88.9 Å². The standard InChI is InChI=1S/C47H50N4O6/c52-45-39-18-10-17-38(41(27-33-19-20-33)49-37-23-25-47(54,26-24-37)32-57-46(53)48-28-34-11-4-1-5-12-34)40(39)29-51(45)42-21-22-43(55-30-35-13-6-2-7-14-35)50-44(42)56-31-36-15-8-3-9-16-36/h1-18,21-22,33,37,41,49,54H,19-20,23-32H2,(H,48,53). The van der Waals surface area contributed by atoms with Gasteiger partial charge in [-0.3, -0.25) is 9.69 Å². The largest absolute Gasteiger partial charge is 0.473 e. The Morgan fingerprint density at radius 2 is 1.44 bits per heavy atom. The molecule has 1 unspecified atom stereocenters. The van der Waals surface area contributed by atoms with Crippen LogP contribution < -0.4 is 25.0 Å². The van der Waals surface area contributed by atoms with Gasteiger partial charge in [-0.05, 0) is 78.0 Å². The van der Waals surface area contributed by atoms with Gasteiger partial charge in [0.15, 0.2) is 0 Å². The third-order valence-electron chi connectivity index (χ3n) is 11.3. The molecule has 2 heterocycles. The predicted octanol–water partition coefficient (Wildman–Crippen LogP) is 8.43. The molecule has 3 N–H and O–H groups in total. The topological polar surface area (TPSA) is 122 Å². The van der Waals surface area contributed by atoms with E-state index in [0.29, 0.717) is 68.1 Å². The molecule has 8 rings (SSSR count). The van der Waals surface area contributed by atoms with Crippen LogP contribution in [-0.4, -0.2) is 40.3 Å². The highest BCUT2D eigenvalue weighted by molar-refractivity contribution is 6.10. The van der Waals surface area contributed by atoms with Crippen molar-refractivity contribution in [2.24, 2.45) is 5.92 Å². The number of aromatic nitrogens is 1. The Bertz CT molecular complexity index is 2120. The maximum absolute atomic E-state index is 14.2. The fourth-order valence-electron chi connectivity index (χ4n) is 7.89. The number of hydrogen-bond donors (Lipinski definition) is 3. The second-order valence-corrected chi connectivity index (χ2v) is 15.6. The summed E-state index contributed by atoms with van der Waals surface area (Å²) in [5, 5.41) is 18.1. The third kappa shape index (κ3) is 9.82. The summed E-state index contributed by atoms with van der Waals surface area (Å²) in [5.74, 6) is 1.31. The predicted molar refractivity (Wildman–Crippen MR) is 218 cm³/mol. The number of fused-ring (bicyclic) bond motifs is 1. The van der Waals surface area contributed by atoms with Gasteiger partial charge in [-0.1, -0.05) is 116 Å². The number of pyridine rings is 1. The van der Waals surface area contributed by atoms with E-state index in [4.69, 9.17) is 19.2 Å². The summed E-state index contributed by atoms with van der Waals surface area (Å²) >= 11 is 0. The molecule has 2 aliphatic carbocycles. The summed E-state index contributed by atoms with van der Waals surface area (Å²) in [7, 11) is 0. The molecule has 5 aromatic rings. The van der Waals surface area contributed by atoms with Crippen LogP contribution in [-0.2, 0) is 31.0 Å². The van der Waals surface area contributed by atoms with Crippen molar-refractivity contribution in [2.75, 3.05) is 11.5 Å². The van der Waals surface area contributed by atoms with Crippen LogP contribution in [0.2, 0.25) is 0 Å². The highest BCUT2D eigenvalue weighted by atomic mass is 16.6. The minimum Gasteiger partial charge on any atom is -0.473 e. The Hall–Kier alpha value is -5.71. The number of carbonyl (C=O) groups excluding carboxylic acids is 2. The molecular formula is C47H50N4O6. The van der Waals surface area contributed by atoms with Crippen molar-refractivity contribution in [3.8, 4) is 11.8 Å². The van der Waals surface area contributed by atoms with E-state index in [0.717, 1.165) is 47.1 Å². The van der Waals surface area contributed by atoms with Gasteiger partial charge >= 0.3 is 6.09 Å². The second-order valence-electron chi connectivity index (χ2n) is 15.6. The highest BCUT2D eigenvalue weighted by Crippen LogP contribution is 2.43. The fourth-order valence-corrected chi connectivity index (χ4v) is 7.89. The van der Waals surface area contributed by atoms with E-state index in [-0.39, 0.29) is 24.6 Å². The molecule has 57 heavy (non-hydrogen) atoms. The van der Waals surface area contributed by atoms with Gasteiger partial charge in [-0.15, -0.1) is 0 Å². The van der Waals surface area contributed by atoms with Crippen molar-refractivity contribution in [1.82, 2.24) is 15.6 Å². The van der Waals surface area contributed by atoms with Crippen molar-refractivity contribution < 1.29 is 28.9 Å². The summed E-state index contributed by atoms with van der Waals surface area (Å²) in [4.78, 5) is 33.2. The molecule has 1 aromatic heterocycles. The molecule has 1 atom stereocenters. The van der Waals surface area contributed by atoms with Crippen molar-refractivity contribution in [3.05, 3.63) is 155 Å². The summed E-state index contributed by atoms with van der Waals surface area (Å²) < 4.78 is 17.9. The van der Waals surface area contributed by atoms with Crippen LogP contribution in [0.1, 0.15) is 89.2 Å². The van der Waals surface area contributed by atoms with Crippen LogP contribution >= 0.6 is 0 Å². The summed E-state index contributed by atoms with van der Waals surface area (Å²) in [6, 6.07) is 39.5. The van der Waals surface area contributed by atoms with Gasteiger partial charge in [0.05, 0.1) is 12.1 Å². The van der Waals surface area contributed by atoms with Crippen molar-refractivity contribution in [1.29, 1.82) is 0 Å². The van der Waals surface area contributed by atoms with Gasteiger partial charge in [0.1, 0.15) is 25.5 Å². The Morgan fingerprint density at radius 1 is 0.789 bits per heavy atom. The molecule has 0 radical (unpaired) electrons. The van der Waals surface area contributed by atoms with E-state index >= 15 is 0 Å². The van der Waals surface area contributed by atoms with Gasteiger partial charge in [-0.25, -0.2) is 4.79 Å². The molecule has 4 aromatic carbocycles. The minimum atomic E-state index is -1.06. The lowest BCUT2D eigenvalue weighted by atomic mass is 9.82. The Kier molecular flexibility index (Phi) is 11.8. The first-order valence-corrected chi connectivity index (χ1v) is 20.1. The number of aliphatic hydroxyl groups is 1. The van der Waals surface area contributed by atoms with Gasteiger partial charge < -0.3 is 30.0 Å². The van der Waals surface area contributed by atoms with Gasteiger partial charge in [0.2, 0.25) is 11.8 Å². The number of ether oxygens (including phenoxy) is 3. The first-order chi connectivity index (χ1) is 27.9. The number of hydrogen-bond acceptors (Lipinski definition) is 8. The van der Waals surface area contributed by atoms with Crippen LogP contribution in [0.25, 0.3) is 0 Å². The van der Waals surface area contributed by atoms with E-state index in [1.807, 2.05) is 109 Å². The van der Waals surface area contributed by atoms with E-state index in [9.17, 15) is 14.7 Å². The molecule has 2 amide bonds. The van der Waals surface area contributed by atoms with Crippen molar-refractivity contribution in [3.63, 3.8) is 0 Å². The number of nitrogens with one attached hydrogen (secondary N) is 2. The molecule has 2 fully saturated rings. The average molecular weight is 767 g/mol. The highest BCUT2D eigenvalue weighted by Gasteiger charge is 2.39. The maximum atomic E-state index is 14.2. The van der Waals surface area contributed by atoms with Crippen LogP contribution in [0.15, 0.2) is 121 Å². The van der Waals surface area contributed by atoms with Crippen molar-refractivity contribution >= 4 is 17.7 Å². The lowest BCUT2D eigenvalue weighted by molar-refractivity contribution is -0.0526. The molecule has 0 saturated heterocycles. The number of carbonyl (C=O) groups is 2. The van der Waals surface area contributed by atoms with Gasteiger partial charge in [-0.2, -0.15) is 4.98 Å². The summed E-state index contributed by atoms with van der Waals surface area (Å²) in [6.45, 7) is 1.38. The molecule has 0 bridgehead atoms. The average Bonchev–Trinajstić information content (AvgIpc) is 4.02. The second kappa shape index (κ2) is 17.6. The van der Waals surface area contributed by atoms with Crippen LogP contribution in [0.3, 0.4) is 0 Å².